The number of aromatic nitrogens is 2. The third kappa shape index (κ3) is 14.1. The van der Waals surface area contributed by atoms with Gasteiger partial charge in [0.25, 0.3) is 17.4 Å². The number of cyclic esters (lactones) is 1. The number of imide groups is 1. The number of fused-ring (bicyclic) bond motifs is 5. The van der Waals surface area contributed by atoms with Gasteiger partial charge in [0.15, 0.2) is 5.60 Å². The van der Waals surface area contributed by atoms with Gasteiger partial charge in [-0.1, -0.05) is 37.3 Å². The molecule has 3 aliphatic heterocycles. The average Bonchev–Trinajstić information content (AvgIpc) is 4.04. The lowest BCUT2D eigenvalue weighted by Crippen LogP contribution is -2.53. The van der Waals surface area contributed by atoms with E-state index < -0.39 is 102 Å². The van der Waals surface area contributed by atoms with Crippen LogP contribution in [0.4, 0.5) is 4.39 Å². The predicted octanol–water partition coefficient (Wildman–Crippen LogP) is -0.461. The van der Waals surface area contributed by atoms with E-state index in [4.69, 9.17) is 24.9 Å². The van der Waals surface area contributed by atoms with Crippen LogP contribution in [0.1, 0.15) is 90.4 Å². The summed E-state index contributed by atoms with van der Waals surface area (Å²) in [5.74, 6) is -6.59. The fourth-order valence-corrected chi connectivity index (χ4v) is 10.6. The number of aryl methyl sites for hydroxylation is 1. The number of halogens is 1. The number of hydrogen-bond donors (Lipinski definition) is 7. The summed E-state index contributed by atoms with van der Waals surface area (Å²) in [7, 11) is 0. The monoisotopic (exact) mass is 1150 g/mol. The Morgan fingerprint density at radius 1 is 0.867 bits per heavy atom. The zero-order chi connectivity index (χ0) is 59.5. The van der Waals surface area contributed by atoms with Crippen LogP contribution in [0.25, 0.3) is 22.3 Å². The molecule has 3 atom stereocenters. The highest BCUT2D eigenvalue weighted by Crippen LogP contribution is 2.46. The Morgan fingerprint density at radius 3 is 2.29 bits per heavy atom. The lowest BCUT2D eigenvalue weighted by molar-refractivity contribution is -0.172. The number of carbonyl (C=O) groups is 10. The highest BCUT2D eigenvalue weighted by atomic mass is 19.1. The molecule has 9 amide bonds. The number of esters is 1. The third-order valence-corrected chi connectivity index (χ3v) is 14.9. The zero-order valence-electron chi connectivity index (χ0n) is 45.9. The molecule has 83 heavy (non-hydrogen) atoms. The van der Waals surface area contributed by atoms with Gasteiger partial charge in [-0.2, -0.15) is 0 Å². The van der Waals surface area contributed by atoms with Crippen LogP contribution in [0.15, 0.2) is 59.4 Å². The Morgan fingerprint density at radius 2 is 1.57 bits per heavy atom. The average molecular weight is 1150 g/mol. The first-order chi connectivity index (χ1) is 39.8. The van der Waals surface area contributed by atoms with Gasteiger partial charge in [0.05, 0.1) is 81.1 Å². The summed E-state index contributed by atoms with van der Waals surface area (Å²) in [5, 5.41) is 25.3. The summed E-state index contributed by atoms with van der Waals surface area (Å²) < 4.78 is 33.0. The van der Waals surface area contributed by atoms with Crippen LogP contribution in [-0.4, -0.2) is 155 Å². The fourth-order valence-electron chi connectivity index (χ4n) is 10.6. The molecule has 440 valence electrons. The summed E-state index contributed by atoms with van der Waals surface area (Å²) in [6.45, 7) is 1.86. The first-order valence-electron chi connectivity index (χ1n) is 27.3. The summed E-state index contributed by atoms with van der Waals surface area (Å²) in [6.07, 6.45) is 2.71. The van der Waals surface area contributed by atoms with E-state index in [9.17, 15) is 57.8 Å². The highest BCUT2D eigenvalue weighted by molar-refractivity contribution is 6.13. The van der Waals surface area contributed by atoms with Crippen molar-refractivity contribution in [3.05, 3.63) is 110 Å². The summed E-state index contributed by atoms with van der Waals surface area (Å²) >= 11 is 0. The molecule has 2 aromatic carbocycles. The molecule has 0 radical (unpaired) electrons. The molecule has 8 N–H and O–H groups in total. The smallest absolute Gasteiger partial charge is 0.343 e. The second-order valence-electron chi connectivity index (χ2n) is 20.4. The molecule has 0 unspecified atom stereocenters. The van der Waals surface area contributed by atoms with Crippen molar-refractivity contribution in [2.75, 3.05) is 65.7 Å². The van der Waals surface area contributed by atoms with Crippen LogP contribution in [0, 0.1) is 12.7 Å². The van der Waals surface area contributed by atoms with Gasteiger partial charge < -0.3 is 61.1 Å². The van der Waals surface area contributed by atoms with Crippen molar-refractivity contribution >= 4 is 70.0 Å². The van der Waals surface area contributed by atoms with Gasteiger partial charge in [0, 0.05) is 80.0 Å². The first-order valence-corrected chi connectivity index (χ1v) is 27.3. The van der Waals surface area contributed by atoms with Crippen molar-refractivity contribution in [2.24, 2.45) is 5.73 Å². The molecule has 0 saturated heterocycles. The van der Waals surface area contributed by atoms with E-state index >= 15 is 4.39 Å². The Kier molecular flexibility index (Phi) is 19.6. The van der Waals surface area contributed by atoms with Gasteiger partial charge in [-0.25, -0.2) is 14.2 Å². The minimum atomic E-state index is -2.07. The van der Waals surface area contributed by atoms with Crippen LogP contribution in [-0.2, 0) is 93.8 Å². The van der Waals surface area contributed by atoms with Gasteiger partial charge in [0.2, 0.25) is 41.4 Å². The van der Waals surface area contributed by atoms with E-state index in [0.29, 0.717) is 62.9 Å². The lowest BCUT2D eigenvalue weighted by Gasteiger charge is -2.31. The minimum absolute atomic E-state index is 0.00557. The molecule has 4 aliphatic rings. The van der Waals surface area contributed by atoms with E-state index in [1.807, 2.05) is 0 Å². The van der Waals surface area contributed by atoms with Gasteiger partial charge >= 0.3 is 5.97 Å². The predicted molar refractivity (Wildman–Crippen MR) is 291 cm³/mol. The van der Waals surface area contributed by atoms with E-state index in [1.165, 1.54) is 10.6 Å². The molecule has 2 aromatic heterocycles. The van der Waals surface area contributed by atoms with Crippen molar-refractivity contribution in [3.63, 3.8) is 0 Å². The van der Waals surface area contributed by atoms with Crippen LogP contribution >= 0.6 is 0 Å². The quantitative estimate of drug-likeness (QED) is 0.0189. The van der Waals surface area contributed by atoms with Gasteiger partial charge in [0.1, 0.15) is 18.5 Å². The van der Waals surface area contributed by atoms with E-state index in [2.05, 4.69) is 26.6 Å². The van der Waals surface area contributed by atoms with Crippen LogP contribution in [0.3, 0.4) is 0 Å². The fraction of sp³-hybridized carbons (Fsp3) is 0.439. The molecule has 5 heterocycles. The van der Waals surface area contributed by atoms with Crippen LogP contribution in [0.5, 0.6) is 0 Å². The number of nitrogens with two attached hydrogens (primary N) is 1. The number of nitrogens with zero attached hydrogens (tertiary/aromatic N) is 4. The minimum Gasteiger partial charge on any atom is -0.458 e. The number of nitrogens with one attached hydrogen (secondary N) is 5. The normalized spacial score (nSPS) is 16.8. The van der Waals surface area contributed by atoms with E-state index in [1.54, 1.807) is 50.2 Å². The zero-order valence-corrected chi connectivity index (χ0v) is 45.9. The molecular weight excluding hydrogens is 1080 g/mol. The van der Waals surface area contributed by atoms with Crippen LogP contribution < -0.4 is 37.9 Å². The van der Waals surface area contributed by atoms with Crippen molar-refractivity contribution < 1.29 is 71.7 Å². The molecule has 8 rings (SSSR count). The SMILES string of the molecule is CC[C@@]1(O)C(=O)OCc2c1cc1n(c2=O)Cc2c-1nc1cc(F)c(C)c3c1c2[C@@H](NC(=O)CCCN(CC(N)=O)C(=O)[C@H](Cc1ccccc1)NC(=O)CNC(=O)CNC(=O)CCOCCOCCNC(=O)CCN1C(=O)C=CC1=O)CC3. The topological polar surface area (TPSA) is 346 Å². The molecule has 0 saturated carbocycles. The largest absolute Gasteiger partial charge is 0.458 e. The molecule has 1 aliphatic carbocycles. The first kappa shape index (κ1) is 60.3. The van der Waals surface area contributed by atoms with E-state index in [0.717, 1.165) is 22.0 Å². The maximum atomic E-state index is 15.5. The summed E-state index contributed by atoms with van der Waals surface area (Å²) in [6, 6.07) is 9.69. The third-order valence-electron chi connectivity index (χ3n) is 14.9. The standard InChI is InChI=1S/C57H65FN10O15/c1-3-57(80)37-25-42-53-35(29-68(42)54(77)36(37)31-83-56(57)79)52-39(12-11-34-32(2)38(58)26-40(65-53)51(34)52)63-46(72)10-7-18-66(30-43(59)69)55(78)41(24-33-8-5-4-6-9-33)64-48(74)28-62-47(73)27-61-45(71)16-20-81-22-23-82-21-17-60-44(70)15-19-67-49(75)13-14-50(67)76/h4-6,8-9,13-14,25-26,39,41,80H,3,7,10-12,15-24,27-31H2,1-2H3,(H2,59,69)(H,60,70)(H,61,71)(H,62,73)(H,63,72)(H,64,74)/t39-,41-,57-/m0/s1. The number of aliphatic hydroxyl groups is 1. The molecule has 0 spiro atoms. The van der Waals surface area contributed by atoms with Gasteiger partial charge in [-0.3, -0.25) is 52.8 Å². The molecule has 26 heteroatoms. The van der Waals surface area contributed by atoms with Crippen molar-refractivity contribution in [2.45, 2.75) is 96.1 Å². The van der Waals surface area contributed by atoms with Crippen molar-refractivity contribution in [1.82, 2.24) is 45.9 Å². The molecule has 25 nitrogen and oxygen atoms in total. The second-order valence-corrected chi connectivity index (χ2v) is 20.4. The van der Waals surface area contributed by atoms with Crippen LogP contribution in [0.2, 0.25) is 0 Å². The number of hydrogen-bond acceptors (Lipinski definition) is 16. The van der Waals surface area contributed by atoms with Gasteiger partial charge in [-0.05, 0) is 60.9 Å². The Balaban J connectivity index is 0.816. The number of primary amides is 1. The van der Waals surface area contributed by atoms with Crippen molar-refractivity contribution in [3.8, 4) is 11.4 Å². The summed E-state index contributed by atoms with van der Waals surface area (Å²) in [5.41, 5.74) is 7.32. The van der Waals surface area contributed by atoms with Crippen molar-refractivity contribution in [1.29, 1.82) is 0 Å². The Bertz CT molecular complexity index is 3330. The maximum Gasteiger partial charge on any atom is 0.343 e. The molecule has 0 fully saturated rings. The Labute approximate surface area is 474 Å². The molecule has 0 bridgehead atoms. The Hall–Kier alpha value is -8.75. The number of amides is 9. The highest BCUT2D eigenvalue weighted by Gasteiger charge is 2.46. The summed E-state index contributed by atoms with van der Waals surface area (Å²) in [4.78, 5) is 148. The number of benzene rings is 2. The number of rotatable bonds is 28. The molecule has 4 aromatic rings. The second kappa shape index (κ2) is 26.9. The van der Waals surface area contributed by atoms with Gasteiger partial charge in [-0.15, -0.1) is 0 Å². The number of carbonyl (C=O) groups excluding carboxylic acids is 10. The van der Waals surface area contributed by atoms with E-state index in [-0.39, 0.29) is 115 Å². The lowest BCUT2D eigenvalue weighted by atomic mass is 9.81. The molecular formula is C57H65FN10O15. The number of ether oxygens (including phenoxy) is 3. The number of pyridine rings is 2. The maximum absolute atomic E-state index is 15.5.